The summed E-state index contributed by atoms with van der Waals surface area (Å²) in [6.07, 6.45) is 0. The smallest absolute Gasteiger partial charge is 0.323 e. The highest BCUT2D eigenvalue weighted by Gasteiger charge is 2.04. The first-order valence-electron chi connectivity index (χ1n) is 7.22. The van der Waals surface area contributed by atoms with E-state index in [4.69, 9.17) is 5.73 Å². The largest absolute Gasteiger partial charge is 0.386 e. The van der Waals surface area contributed by atoms with Crippen molar-refractivity contribution in [3.05, 3.63) is 57.7 Å². The molecule has 2 aromatic rings. The number of carbonyl (C=O) groups is 1. The Bertz CT molecular complexity index is 763. The van der Waals surface area contributed by atoms with E-state index in [-0.39, 0.29) is 6.03 Å². The SMILES string of the molecule is C/C(N)=N/N=C(\C)c1ccc(NC(=O)Nc2ccc(I)cc2)cc1. The van der Waals surface area contributed by atoms with Crippen molar-refractivity contribution >= 4 is 51.5 Å². The van der Waals surface area contributed by atoms with Gasteiger partial charge in [-0.15, -0.1) is 5.10 Å². The maximum Gasteiger partial charge on any atom is 0.323 e. The molecule has 0 aliphatic heterocycles. The lowest BCUT2D eigenvalue weighted by atomic mass is 10.1. The molecule has 0 fully saturated rings. The molecule has 2 amide bonds. The zero-order valence-electron chi connectivity index (χ0n) is 13.4. The normalized spacial score (nSPS) is 12.0. The molecule has 0 saturated carbocycles. The van der Waals surface area contributed by atoms with E-state index >= 15 is 0 Å². The van der Waals surface area contributed by atoms with Gasteiger partial charge in [0.1, 0.15) is 5.84 Å². The summed E-state index contributed by atoms with van der Waals surface area (Å²) in [4.78, 5) is 12.0. The molecule has 0 aromatic heterocycles. The maximum atomic E-state index is 12.0. The van der Waals surface area contributed by atoms with Crippen LogP contribution in [0.2, 0.25) is 0 Å². The Hall–Kier alpha value is -2.42. The van der Waals surface area contributed by atoms with Crippen LogP contribution in [0.4, 0.5) is 16.2 Å². The minimum Gasteiger partial charge on any atom is -0.386 e. The van der Waals surface area contributed by atoms with Crippen molar-refractivity contribution in [1.29, 1.82) is 0 Å². The number of urea groups is 1. The molecule has 2 aromatic carbocycles. The third-order valence-corrected chi connectivity index (χ3v) is 3.74. The maximum absolute atomic E-state index is 12.0. The van der Waals surface area contributed by atoms with Crippen LogP contribution in [-0.4, -0.2) is 17.6 Å². The van der Waals surface area contributed by atoms with Gasteiger partial charge < -0.3 is 16.4 Å². The standard InChI is InChI=1S/C17H18IN5O/c1-11(22-23-12(2)19)13-3-7-15(8-4-13)20-17(24)21-16-9-5-14(18)6-10-16/h3-10H,1-2H3,(H2,19,23)(H2,20,21,24)/b22-11+. The monoisotopic (exact) mass is 435 g/mol. The summed E-state index contributed by atoms with van der Waals surface area (Å²) in [5.41, 5.74) is 8.53. The Morgan fingerprint density at radius 1 is 0.917 bits per heavy atom. The Balaban J connectivity index is 1.98. The lowest BCUT2D eigenvalue weighted by molar-refractivity contribution is 0.262. The van der Waals surface area contributed by atoms with Crippen LogP contribution < -0.4 is 16.4 Å². The molecule has 0 unspecified atom stereocenters. The van der Waals surface area contributed by atoms with E-state index in [1.165, 1.54) is 0 Å². The Labute approximate surface area is 154 Å². The van der Waals surface area contributed by atoms with Gasteiger partial charge in [0.15, 0.2) is 0 Å². The highest BCUT2D eigenvalue weighted by atomic mass is 127. The van der Waals surface area contributed by atoms with Crippen LogP contribution in [0.1, 0.15) is 19.4 Å². The Kier molecular flexibility index (Phi) is 6.30. The van der Waals surface area contributed by atoms with Crippen LogP contribution in [0.25, 0.3) is 0 Å². The van der Waals surface area contributed by atoms with E-state index in [1.807, 2.05) is 43.3 Å². The summed E-state index contributed by atoms with van der Waals surface area (Å²) in [6, 6.07) is 14.6. The average molecular weight is 435 g/mol. The predicted octanol–water partition coefficient (Wildman–Crippen LogP) is 4.04. The van der Waals surface area contributed by atoms with Crippen molar-refractivity contribution < 1.29 is 4.79 Å². The minimum atomic E-state index is -0.294. The highest BCUT2D eigenvalue weighted by Crippen LogP contribution is 2.13. The van der Waals surface area contributed by atoms with Crippen molar-refractivity contribution in [1.82, 2.24) is 0 Å². The van der Waals surface area contributed by atoms with Crippen molar-refractivity contribution in [3.8, 4) is 0 Å². The number of benzene rings is 2. The van der Waals surface area contributed by atoms with Gasteiger partial charge in [0.25, 0.3) is 0 Å². The third kappa shape index (κ3) is 5.65. The zero-order chi connectivity index (χ0) is 17.5. The molecule has 24 heavy (non-hydrogen) atoms. The number of amides is 2. The van der Waals surface area contributed by atoms with Crippen LogP contribution in [0, 0.1) is 3.57 Å². The van der Waals surface area contributed by atoms with Crippen molar-refractivity contribution in [2.24, 2.45) is 15.9 Å². The molecule has 0 atom stereocenters. The predicted molar refractivity (Wildman–Crippen MR) is 108 cm³/mol. The molecule has 0 aliphatic rings. The Morgan fingerprint density at radius 3 is 1.92 bits per heavy atom. The number of hydrogen-bond donors (Lipinski definition) is 3. The number of nitrogens with one attached hydrogen (secondary N) is 2. The average Bonchev–Trinajstić information content (AvgIpc) is 2.55. The molecule has 124 valence electrons. The Morgan fingerprint density at radius 2 is 1.42 bits per heavy atom. The minimum absolute atomic E-state index is 0.294. The lowest BCUT2D eigenvalue weighted by Crippen LogP contribution is -2.19. The number of amidine groups is 1. The van der Waals surface area contributed by atoms with Crippen molar-refractivity contribution in [3.63, 3.8) is 0 Å². The molecule has 0 radical (unpaired) electrons. The molecule has 6 nitrogen and oxygen atoms in total. The first-order valence-corrected chi connectivity index (χ1v) is 8.30. The van der Waals surface area contributed by atoms with E-state index in [0.717, 1.165) is 20.5 Å². The first kappa shape index (κ1) is 17.9. The highest BCUT2D eigenvalue weighted by molar-refractivity contribution is 14.1. The van der Waals surface area contributed by atoms with Gasteiger partial charge >= 0.3 is 6.03 Å². The number of halogens is 1. The van der Waals surface area contributed by atoms with Crippen molar-refractivity contribution in [2.75, 3.05) is 10.6 Å². The number of nitrogens with two attached hydrogens (primary N) is 1. The van der Waals surface area contributed by atoms with E-state index < -0.39 is 0 Å². The van der Waals surface area contributed by atoms with Gasteiger partial charge in [0.05, 0.1) is 5.71 Å². The summed E-state index contributed by atoms with van der Waals surface area (Å²) >= 11 is 2.21. The van der Waals surface area contributed by atoms with E-state index in [2.05, 4.69) is 43.4 Å². The number of nitrogens with zero attached hydrogens (tertiary/aromatic N) is 2. The first-order chi connectivity index (χ1) is 11.4. The molecular formula is C17H18IN5O. The summed E-state index contributed by atoms with van der Waals surface area (Å²) in [7, 11) is 0. The fourth-order valence-electron chi connectivity index (χ4n) is 1.83. The molecule has 2 rings (SSSR count). The van der Waals surface area contributed by atoms with Crippen LogP contribution >= 0.6 is 22.6 Å². The summed E-state index contributed by atoms with van der Waals surface area (Å²) in [5.74, 6) is 0.403. The van der Waals surface area contributed by atoms with Crippen molar-refractivity contribution in [2.45, 2.75) is 13.8 Å². The van der Waals surface area contributed by atoms with E-state index in [9.17, 15) is 4.79 Å². The summed E-state index contributed by atoms with van der Waals surface area (Å²) in [5, 5.41) is 13.4. The molecule has 0 aliphatic carbocycles. The van der Waals surface area contributed by atoms with Crippen LogP contribution in [0.15, 0.2) is 58.7 Å². The third-order valence-electron chi connectivity index (χ3n) is 3.02. The zero-order valence-corrected chi connectivity index (χ0v) is 15.5. The van der Waals surface area contributed by atoms with Gasteiger partial charge in [0, 0.05) is 14.9 Å². The number of hydrogen-bond acceptors (Lipinski definition) is 3. The van der Waals surface area contributed by atoms with Gasteiger partial charge in [-0.2, -0.15) is 5.10 Å². The number of anilines is 2. The molecular weight excluding hydrogens is 417 g/mol. The van der Waals surface area contributed by atoms with E-state index in [0.29, 0.717) is 11.5 Å². The lowest BCUT2D eigenvalue weighted by Gasteiger charge is -2.08. The van der Waals surface area contributed by atoms with Gasteiger partial charge in [-0.1, -0.05) is 12.1 Å². The molecule has 0 bridgehead atoms. The molecule has 0 spiro atoms. The van der Waals surface area contributed by atoms with Crippen LogP contribution in [0.3, 0.4) is 0 Å². The summed E-state index contributed by atoms with van der Waals surface area (Å²) in [6.45, 7) is 3.52. The second kappa shape index (κ2) is 8.44. The fraction of sp³-hybridized carbons (Fsp3) is 0.118. The molecule has 4 N–H and O–H groups in total. The molecule has 7 heteroatoms. The number of carbonyl (C=O) groups excluding carboxylic acids is 1. The second-order valence-electron chi connectivity index (χ2n) is 5.09. The topological polar surface area (TPSA) is 91.9 Å². The summed E-state index contributed by atoms with van der Waals surface area (Å²) < 4.78 is 1.11. The number of rotatable bonds is 4. The fourth-order valence-corrected chi connectivity index (χ4v) is 2.19. The van der Waals surface area contributed by atoms with Gasteiger partial charge in [-0.25, -0.2) is 4.79 Å². The second-order valence-corrected chi connectivity index (χ2v) is 6.34. The van der Waals surface area contributed by atoms with E-state index in [1.54, 1.807) is 19.1 Å². The quantitative estimate of drug-likeness (QED) is 0.293. The van der Waals surface area contributed by atoms with Gasteiger partial charge in [0.2, 0.25) is 0 Å². The molecule has 0 heterocycles. The van der Waals surface area contributed by atoms with Crippen LogP contribution in [-0.2, 0) is 0 Å². The molecule has 0 saturated heterocycles. The van der Waals surface area contributed by atoms with Gasteiger partial charge in [-0.3, -0.25) is 0 Å². The van der Waals surface area contributed by atoms with Crippen LogP contribution in [0.5, 0.6) is 0 Å². The van der Waals surface area contributed by atoms with Gasteiger partial charge in [-0.05, 0) is 78.4 Å².